The Kier molecular flexibility index (Phi) is 4.81. The van der Waals surface area contributed by atoms with E-state index >= 15 is 0 Å². The summed E-state index contributed by atoms with van der Waals surface area (Å²) < 4.78 is 23.3. The fraction of sp³-hybridized carbons (Fsp3) is 0.316. The lowest BCUT2D eigenvalue weighted by molar-refractivity contribution is 0.0951. The normalized spacial score (nSPS) is 14.9. The quantitative estimate of drug-likeness (QED) is 0.890. The van der Waals surface area contributed by atoms with E-state index in [2.05, 4.69) is 29.3 Å². The number of carbonyl (C=O) groups is 1. The summed E-state index contributed by atoms with van der Waals surface area (Å²) in [7, 11) is -3.32. The minimum Gasteiger partial charge on any atom is -0.366 e. The molecule has 0 fully saturated rings. The standard InChI is InChI=1S/C19H22N2O3S/c1-14(21-11-10-15-6-3-4-9-18(15)21)13-20-19(22)16-7-5-8-17(12-16)25(2,23)24/h3-9,12,14H,10-11,13H2,1-2H3,(H,20,22). The summed E-state index contributed by atoms with van der Waals surface area (Å²) in [6.45, 7) is 3.52. The van der Waals surface area contributed by atoms with E-state index in [1.54, 1.807) is 12.1 Å². The van der Waals surface area contributed by atoms with Crippen LogP contribution < -0.4 is 10.2 Å². The predicted octanol–water partition coefficient (Wildman–Crippen LogP) is 2.27. The number of nitrogens with one attached hydrogen (secondary N) is 1. The summed E-state index contributed by atoms with van der Waals surface area (Å²) in [5, 5.41) is 2.91. The van der Waals surface area contributed by atoms with Crippen LogP contribution in [0.15, 0.2) is 53.4 Å². The maximum Gasteiger partial charge on any atom is 0.251 e. The minimum absolute atomic E-state index is 0.154. The molecule has 6 heteroatoms. The number of fused-ring (bicyclic) bond motifs is 1. The smallest absolute Gasteiger partial charge is 0.251 e. The van der Waals surface area contributed by atoms with Crippen LogP contribution >= 0.6 is 0 Å². The van der Waals surface area contributed by atoms with Crippen molar-refractivity contribution in [1.29, 1.82) is 0 Å². The molecule has 1 aliphatic rings. The van der Waals surface area contributed by atoms with Crippen molar-refractivity contribution in [2.75, 3.05) is 24.2 Å². The van der Waals surface area contributed by atoms with E-state index in [9.17, 15) is 13.2 Å². The Morgan fingerprint density at radius 1 is 1.20 bits per heavy atom. The summed E-state index contributed by atoms with van der Waals surface area (Å²) in [6, 6.07) is 14.6. The van der Waals surface area contributed by atoms with E-state index in [4.69, 9.17) is 0 Å². The Bertz CT molecular complexity index is 893. The molecule has 0 aliphatic carbocycles. The molecule has 5 nitrogen and oxygen atoms in total. The Hall–Kier alpha value is -2.34. The maximum absolute atomic E-state index is 12.4. The molecule has 0 radical (unpaired) electrons. The molecular weight excluding hydrogens is 336 g/mol. The van der Waals surface area contributed by atoms with Gasteiger partial charge in [-0.05, 0) is 43.2 Å². The van der Waals surface area contributed by atoms with Crippen molar-refractivity contribution in [1.82, 2.24) is 5.32 Å². The summed E-state index contributed by atoms with van der Waals surface area (Å²) in [5.41, 5.74) is 2.92. The van der Waals surface area contributed by atoms with E-state index in [1.807, 2.05) is 12.1 Å². The van der Waals surface area contributed by atoms with Crippen LogP contribution in [0.1, 0.15) is 22.8 Å². The van der Waals surface area contributed by atoms with Crippen LogP contribution in [0.2, 0.25) is 0 Å². The molecule has 1 heterocycles. The van der Waals surface area contributed by atoms with Gasteiger partial charge in [-0.25, -0.2) is 8.42 Å². The van der Waals surface area contributed by atoms with Crippen LogP contribution in [0.4, 0.5) is 5.69 Å². The Labute approximate surface area is 148 Å². The van der Waals surface area contributed by atoms with Gasteiger partial charge in [0.25, 0.3) is 5.91 Å². The second kappa shape index (κ2) is 6.88. The highest BCUT2D eigenvalue weighted by Gasteiger charge is 2.23. The van der Waals surface area contributed by atoms with Gasteiger partial charge in [-0.1, -0.05) is 24.3 Å². The van der Waals surface area contributed by atoms with Gasteiger partial charge in [0.1, 0.15) is 0 Å². The van der Waals surface area contributed by atoms with Gasteiger partial charge in [-0.15, -0.1) is 0 Å². The number of nitrogens with zero attached hydrogens (tertiary/aromatic N) is 1. The number of carbonyl (C=O) groups excluding carboxylic acids is 1. The molecule has 3 rings (SSSR count). The first-order valence-corrected chi connectivity index (χ1v) is 10.2. The largest absolute Gasteiger partial charge is 0.366 e. The van der Waals surface area contributed by atoms with E-state index in [0.29, 0.717) is 12.1 Å². The van der Waals surface area contributed by atoms with Crippen LogP contribution in [0.25, 0.3) is 0 Å². The van der Waals surface area contributed by atoms with Gasteiger partial charge in [-0.2, -0.15) is 0 Å². The molecule has 1 amide bonds. The minimum atomic E-state index is -3.32. The molecule has 2 aromatic rings. The molecule has 25 heavy (non-hydrogen) atoms. The number of benzene rings is 2. The zero-order valence-electron chi connectivity index (χ0n) is 14.4. The summed E-state index contributed by atoms with van der Waals surface area (Å²) >= 11 is 0. The van der Waals surface area contributed by atoms with Crippen molar-refractivity contribution in [2.45, 2.75) is 24.3 Å². The highest BCUT2D eigenvalue weighted by Crippen LogP contribution is 2.28. The average Bonchev–Trinajstić information content (AvgIpc) is 3.03. The van der Waals surface area contributed by atoms with Gasteiger partial charge in [0.05, 0.1) is 4.90 Å². The van der Waals surface area contributed by atoms with Crippen LogP contribution in [-0.2, 0) is 16.3 Å². The number of rotatable bonds is 5. The zero-order valence-corrected chi connectivity index (χ0v) is 15.2. The van der Waals surface area contributed by atoms with E-state index in [1.165, 1.54) is 23.4 Å². The molecule has 1 atom stereocenters. The summed E-state index contributed by atoms with van der Waals surface area (Å²) in [4.78, 5) is 14.8. The van der Waals surface area contributed by atoms with Gasteiger partial charge in [0, 0.05) is 36.6 Å². The zero-order chi connectivity index (χ0) is 18.0. The van der Waals surface area contributed by atoms with Gasteiger partial charge >= 0.3 is 0 Å². The first-order chi connectivity index (χ1) is 11.9. The molecule has 1 unspecified atom stereocenters. The third kappa shape index (κ3) is 3.85. The molecule has 0 saturated heterocycles. The number of anilines is 1. The Morgan fingerprint density at radius 3 is 2.72 bits per heavy atom. The van der Waals surface area contributed by atoms with Crippen molar-refractivity contribution >= 4 is 21.4 Å². The van der Waals surface area contributed by atoms with Crippen molar-refractivity contribution < 1.29 is 13.2 Å². The van der Waals surface area contributed by atoms with Crippen LogP contribution in [-0.4, -0.2) is 39.7 Å². The number of amides is 1. The van der Waals surface area contributed by atoms with E-state index in [-0.39, 0.29) is 16.8 Å². The molecular formula is C19H22N2O3S. The van der Waals surface area contributed by atoms with Gasteiger partial charge in [-0.3, -0.25) is 4.79 Å². The van der Waals surface area contributed by atoms with Crippen molar-refractivity contribution in [3.63, 3.8) is 0 Å². The first-order valence-electron chi connectivity index (χ1n) is 8.29. The monoisotopic (exact) mass is 358 g/mol. The lowest BCUT2D eigenvalue weighted by Crippen LogP contribution is -2.41. The molecule has 0 bridgehead atoms. The molecule has 132 valence electrons. The summed E-state index contributed by atoms with van der Waals surface area (Å²) in [6.07, 6.45) is 2.15. The lowest BCUT2D eigenvalue weighted by atomic mass is 10.1. The fourth-order valence-electron chi connectivity index (χ4n) is 3.14. The van der Waals surface area contributed by atoms with Crippen molar-refractivity contribution in [3.05, 3.63) is 59.7 Å². The van der Waals surface area contributed by atoms with Crippen LogP contribution in [0.3, 0.4) is 0 Å². The van der Waals surface area contributed by atoms with E-state index in [0.717, 1.165) is 19.2 Å². The maximum atomic E-state index is 12.4. The molecule has 0 spiro atoms. The number of para-hydroxylation sites is 1. The average molecular weight is 358 g/mol. The number of hydrogen-bond acceptors (Lipinski definition) is 4. The molecule has 1 N–H and O–H groups in total. The first kappa shape index (κ1) is 17.5. The number of sulfone groups is 1. The molecule has 2 aromatic carbocycles. The lowest BCUT2D eigenvalue weighted by Gasteiger charge is -2.27. The highest BCUT2D eigenvalue weighted by atomic mass is 32.2. The molecule has 1 aliphatic heterocycles. The topological polar surface area (TPSA) is 66.5 Å². The molecule has 0 aromatic heterocycles. The second-order valence-corrected chi connectivity index (χ2v) is 8.45. The van der Waals surface area contributed by atoms with Gasteiger partial charge in [0.15, 0.2) is 9.84 Å². The number of hydrogen-bond donors (Lipinski definition) is 1. The van der Waals surface area contributed by atoms with Gasteiger partial charge < -0.3 is 10.2 Å². The van der Waals surface area contributed by atoms with Crippen molar-refractivity contribution in [2.24, 2.45) is 0 Å². The third-order valence-corrected chi connectivity index (χ3v) is 5.65. The van der Waals surface area contributed by atoms with E-state index < -0.39 is 9.84 Å². The summed E-state index contributed by atoms with van der Waals surface area (Å²) in [5.74, 6) is -0.259. The highest BCUT2D eigenvalue weighted by molar-refractivity contribution is 7.90. The SMILES string of the molecule is CC(CNC(=O)c1cccc(S(C)(=O)=O)c1)N1CCc2ccccc21. The predicted molar refractivity (Wildman–Crippen MR) is 98.8 cm³/mol. The van der Waals surface area contributed by atoms with Gasteiger partial charge in [0.2, 0.25) is 0 Å². The second-order valence-electron chi connectivity index (χ2n) is 6.43. The van der Waals surface area contributed by atoms with Crippen LogP contribution in [0.5, 0.6) is 0 Å². The Morgan fingerprint density at radius 2 is 1.96 bits per heavy atom. The third-order valence-electron chi connectivity index (χ3n) is 4.54. The van der Waals surface area contributed by atoms with Crippen molar-refractivity contribution in [3.8, 4) is 0 Å². The Balaban J connectivity index is 1.65. The molecule has 0 saturated carbocycles. The fourth-order valence-corrected chi connectivity index (χ4v) is 3.81. The van der Waals surface area contributed by atoms with Crippen LogP contribution in [0, 0.1) is 0 Å².